The molecule has 2 aromatic heterocycles. The second-order valence-corrected chi connectivity index (χ2v) is 7.87. The number of nitriles is 1. The average molecular weight is 388 g/mol. The summed E-state index contributed by atoms with van der Waals surface area (Å²) in [6.07, 6.45) is -4.64. The van der Waals surface area contributed by atoms with Gasteiger partial charge in [0.2, 0.25) is 0 Å². The van der Waals surface area contributed by atoms with Crippen molar-refractivity contribution in [2.24, 2.45) is 12.5 Å². The molecular weight excluding hydrogens is 369 g/mol. The molecule has 0 aliphatic carbocycles. The quantitative estimate of drug-likeness (QED) is 0.656. The number of alkyl halides is 3. The lowest BCUT2D eigenvalue weighted by atomic mass is 9.97. The van der Waals surface area contributed by atoms with Crippen LogP contribution in [0.1, 0.15) is 31.9 Å². The van der Waals surface area contributed by atoms with Crippen LogP contribution in [0.5, 0.6) is 0 Å². The number of aryl methyl sites for hydroxylation is 1. The summed E-state index contributed by atoms with van der Waals surface area (Å²) in [6.45, 7) is 6.48. The second kappa shape index (κ2) is 6.51. The Morgan fingerprint density at radius 1 is 1.14 bits per heavy atom. The zero-order valence-electron chi connectivity index (χ0n) is 15.9. The molecule has 0 N–H and O–H groups in total. The van der Waals surface area contributed by atoms with Crippen molar-refractivity contribution in [3.8, 4) is 17.3 Å². The number of hydrogen-bond donors (Lipinski definition) is 0. The maximum atomic E-state index is 13.2. The molecule has 0 aliphatic heterocycles. The summed E-state index contributed by atoms with van der Waals surface area (Å²) in [4.78, 5) is 17.0. The van der Waals surface area contributed by atoms with Crippen molar-refractivity contribution >= 4 is 11.2 Å². The Kier molecular flexibility index (Phi) is 4.58. The Bertz CT molecular complexity index is 1160. The fourth-order valence-corrected chi connectivity index (χ4v) is 3.17. The summed E-state index contributed by atoms with van der Waals surface area (Å²) in [5.74, 6) is 0. The van der Waals surface area contributed by atoms with Crippen LogP contribution < -0.4 is 5.69 Å². The molecule has 0 atom stereocenters. The highest BCUT2D eigenvalue weighted by atomic mass is 19.4. The van der Waals surface area contributed by atoms with Crippen LogP contribution in [0.25, 0.3) is 22.4 Å². The van der Waals surface area contributed by atoms with Crippen molar-refractivity contribution in [3.63, 3.8) is 0 Å². The number of nitrogens with zero attached hydrogens (tertiary/aromatic N) is 4. The fraction of sp³-hybridized carbons (Fsp3) is 0.350. The van der Waals surface area contributed by atoms with Gasteiger partial charge in [0, 0.05) is 19.2 Å². The maximum Gasteiger partial charge on any atom is 0.417 e. The summed E-state index contributed by atoms with van der Waals surface area (Å²) in [7, 11) is 1.57. The molecule has 0 unspecified atom stereocenters. The third kappa shape index (κ3) is 3.40. The van der Waals surface area contributed by atoms with Gasteiger partial charge in [0.05, 0.1) is 22.3 Å². The van der Waals surface area contributed by atoms with Gasteiger partial charge >= 0.3 is 11.9 Å². The molecule has 0 saturated heterocycles. The van der Waals surface area contributed by atoms with Crippen LogP contribution in [0.15, 0.2) is 35.1 Å². The Labute approximate surface area is 159 Å². The van der Waals surface area contributed by atoms with Crippen LogP contribution in [0.4, 0.5) is 13.2 Å². The number of hydrogen-bond acceptors (Lipinski definition) is 3. The number of benzene rings is 1. The molecule has 2 heterocycles. The van der Waals surface area contributed by atoms with Gasteiger partial charge in [0.25, 0.3) is 0 Å². The number of aromatic nitrogens is 3. The lowest BCUT2D eigenvalue weighted by Crippen LogP contribution is -2.27. The van der Waals surface area contributed by atoms with Crippen LogP contribution in [0.3, 0.4) is 0 Å². The predicted molar refractivity (Wildman–Crippen MR) is 99.6 cm³/mol. The monoisotopic (exact) mass is 388 g/mol. The Hall–Kier alpha value is -3.08. The molecule has 3 aromatic rings. The Morgan fingerprint density at radius 3 is 2.39 bits per heavy atom. The first-order valence-electron chi connectivity index (χ1n) is 8.61. The predicted octanol–water partition coefficient (Wildman–Crippen LogP) is 4.34. The van der Waals surface area contributed by atoms with Gasteiger partial charge in [-0.15, -0.1) is 0 Å². The van der Waals surface area contributed by atoms with Crippen LogP contribution in [0, 0.1) is 16.7 Å². The van der Waals surface area contributed by atoms with Gasteiger partial charge in [-0.25, -0.2) is 9.78 Å². The van der Waals surface area contributed by atoms with E-state index < -0.39 is 17.3 Å². The van der Waals surface area contributed by atoms with Gasteiger partial charge in [-0.3, -0.25) is 9.13 Å². The molecule has 0 bridgehead atoms. The molecule has 0 radical (unpaired) electrons. The SMILES string of the molecule is Cn1c(=O)n(CC(C)(C)C)c2ccc(-c3cccc(C(F)(F)F)c3C#N)nc21. The Morgan fingerprint density at radius 2 is 1.82 bits per heavy atom. The highest BCUT2D eigenvalue weighted by molar-refractivity contribution is 5.78. The van der Waals surface area contributed by atoms with Crippen molar-refractivity contribution in [3.05, 3.63) is 51.9 Å². The molecular formula is C20H19F3N4O. The molecule has 8 heteroatoms. The molecule has 0 spiro atoms. The van der Waals surface area contributed by atoms with E-state index in [0.29, 0.717) is 17.7 Å². The van der Waals surface area contributed by atoms with Gasteiger partial charge in [0.15, 0.2) is 5.65 Å². The summed E-state index contributed by atoms with van der Waals surface area (Å²) >= 11 is 0. The van der Waals surface area contributed by atoms with E-state index in [1.54, 1.807) is 23.8 Å². The number of fused-ring (bicyclic) bond motifs is 1. The topological polar surface area (TPSA) is 63.6 Å². The van der Waals surface area contributed by atoms with Gasteiger partial charge in [-0.1, -0.05) is 32.9 Å². The van der Waals surface area contributed by atoms with E-state index in [2.05, 4.69) is 4.98 Å². The summed E-state index contributed by atoms with van der Waals surface area (Å²) < 4.78 is 42.7. The smallest absolute Gasteiger partial charge is 0.290 e. The number of rotatable bonds is 2. The highest BCUT2D eigenvalue weighted by Gasteiger charge is 2.34. The molecule has 0 saturated carbocycles. The summed E-state index contributed by atoms with van der Waals surface area (Å²) in [5.41, 5.74) is -0.654. The first-order chi connectivity index (χ1) is 12.9. The second-order valence-electron chi connectivity index (χ2n) is 7.87. The van der Waals surface area contributed by atoms with Crippen molar-refractivity contribution in [2.45, 2.75) is 33.5 Å². The van der Waals surface area contributed by atoms with E-state index in [1.807, 2.05) is 20.8 Å². The van der Waals surface area contributed by atoms with Crippen LogP contribution in [-0.4, -0.2) is 14.1 Å². The van der Waals surface area contributed by atoms with Crippen molar-refractivity contribution in [2.75, 3.05) is 0 Å². The highest BCUT2D eigenvalue weighted by Crippen LogP contribution is 2.36. The molecule has 146 valence electrons. The van der Waals surface area contributed by atoms with E-state index in [4.69, 9.17) is 0 Å². The van der Waals surface area contributed by atoms with Gasteiger partial charge in [0.1, 0.15) is 6.07 Å². The van der Waals surface area contributed by atoms with Crippen molar-refractivity contribution < 1.29 is 13.2 Å². The number of pyridine rings is 1. The lowest BCUT2D eigenvalue weighted by Gasteiger charge is -2.18. The molecule has 0 amide bonds. The molecule has 0 fully saturated rings. The summed E-state index contributed by atoms with van der Waals surface area (Å²) in [6, 6.07) is 8.38. The third-order valence-electron chi connectivity index (χ3n) is 4.37. The van der Waals surface area contributed by atoms with E-state index in [-0.39, 0.29) is 22.4 Å². The first kappa shape index (κ1) is 19.7. The number of halogens is 3. The van der Waals surface area contributed by atoms with E-state index in [0.717, 1.165) is 6.07 Å². The minimum absolute atomic E-state index is 0.0789. The molecule has 28 heavy (non-hydrogen) atoms. The first-order valence-corrected chi connectivity index (χ1v) is 8.61. The standard InChI is InChI=1S/C20H19F3N4O/c1-19(2,3)11-27-16-9-8-15(25-17(16)26(4)18(27)28)12-6-5-7-14(13(12)10-24)20(21,22)23/h5-9H,11H2,1-4H3. The third-order valence-corrected chi connectivity index (χ3v) is 4.37. The Balaban J connectivity index is 2.24. The maximum absolute atomic E-state index is 13.2. The fourth-order valence-electron chi connectivity index (χ4n) is 3.17. The van der Waals surface area contributed by atoms with Gasteiger partial charge in [-0.05, 0) is 23.6 Å². The normalized spacial score (nSPS) is 12.4. The van der Waals surface area contributed by atoms with E-state index in [1.165, 1.54) is 22.8 Å². The summed E-state index contributed by atoms with van der Waals surface area (Å²) in [5, 5.41) is 9.33. The van der Waals surface area contributed by atoms with E-state index >= 15 is 0 Å². The van der Waals surface area contributed by atoms with Crippen LogP contribution in [0.2, 0.25) is 0 Å². The van der Waals surface area contributed by atoms with Crippen LogP contribution >= 0.6 is 0 Å². The molecule has 5 nitrogen and oxygen atoms in total. The van der Waals surface area contributed by atoms with Crippen LogP contribution in [-0.2, 0) is 19.8 Å². The van der Waals surface area contributed by atoms with Crippen molar-refractivity contribution in [1.29, 1.82) is 5.26 Å². The minimum atomic E-state index is -4.64. The zero-order chi connectivity index (χ0) is 20.9. The number of imidazole rings is 1. The lowest BCUT2D eigenvalue weighted by molar-refractivity contribution is -0.137. The van der Waals surface area contributed by atoms with Crippen molar-refractivity contribution in [1.82, 2.24) is 14.1 Å². The van der Waals surface area contributed by atoms with Gasteiger partial charge in [-0.2, -0.15) is 18.4 Å². The zero-order valence-corrected chi connectivity index (χ0v) is 15.9. The minimum Gasteiger partial charge on any atom is -0.290 e. The average Bonchev–Trinajstić information content (AvgIpc) is 2.83. The van der Waals surface area contributed by atoms with Gasteiger partial charge < -0.3 is 0 Å². The molecule has 1 aromatic carbocycles. The largest absolute Gasteiger partial charge is 0.417 e. The van der Waals surface area contributed by atoms with E-state index in [9.17, 15) is 23.2 Å². The molecule has 3 rings (SSSR count). The molecule has 0 aliphatic rings.